The molecule has 1 aliphatic carbocycles. The van der Waals surface area contributed by atoms with E-state index in [-0.39, 0.29) is 0 Å². The van der Waals surface area contributed by atoms with E-state index in [1.54, 1.807) is 19.0 Å². The Balaban J connectivity index is 1.61. The monoisotopic (exact) mass is 314 g/mol. The van der Waals surface area contributed by atoms with Crippen molar-refractivity contribution in [1.29, 1.82) is 0 Å². The standard InChI is InChI=1S/C15H18N6S/c1-2-4-11-12(5-3-1)22-15-13(11)14(18-9-19-15)17-6-7-21-10-16-8-20-21/h8-10H,1-7H2,(H,17,18,19). The van der Waals surface area contributed by atoms with Crippen LogP contribution in [0.5, 0.6) is 0 Å². The van der Waals surface area contributed by atoms with Crippen LogP contribution in [0.15, 0.2) is 19.0 Å². The lowest BCUT2D eigenvalue weighted by Gasteiger charge is -2.08. The number of aryl methyl sites for hydroxylation is 2. The van der Waals surface area contributed by atoms with Crippen molar-refractivity contribution in [3.05, 3.63) is 29.4 Å². The predicted octanol–water partition coefficient (Wildman–Crippen LogP) is 2.66. The van der Waals surface area contributed by atoms with Gasteiger partial charge < -0.3 is 5.32 Å². The minimum atomic E-state index is 0.776. The molecule has 0 amide bonds. The summed E-state index contributed by atoms with van der Waals surface area (Å²) in [6.07, 6.45) is 11.2. The largest absolute Gasteiger partial charge is 0.368 e. The second-order valence-corrected chi connectivity index (χ2v) is 6.64. The Morgan fingerprint density at radius 3 is 3.00 bits per heavy atom. The first-order chi connectivity index (χ1) is 10.9. The van der Waals surface area contributed by atoms with E-state index in [1.165, 1.54) is 41.5 Å². The molecule has 0 aliphatic heterocycles. The van der Waals surface area contributed by atoms with Crippen molar-refractivity contribution in [2.24, 2.45) is 0 Å². The maximum absolute atomic E-state index is 4.48. The van der Waals surface area contributed by atoms with Gasteiger partial charge in [0.15, 0.2) is 0 Å². The van der Waals surface area contributed by atoms with Crippen LogP contribution in [0.2, 0.25) is 0 Å². The molecule has 4 rings (SSSR count). The van der Waals surface area contributed by atoms with Crippen LogP contribution in [-0.2, 0) is 19.4 Å². The number of thiophene rings is 1. The number of hydrogen-bond acceptors (Lipinski definition) is 6. The van der Waals surface area contributed by atoms with Gasteiger partial charge >= 0.3 is 0 Å². The van der Waals surface area contributed by atoms with Gasteiger partial charge in [0, 0.05) is 11.4 Å². The van der Waals surface area contributed by atoms with Gasteiger partial charge in [-0.05, 0) is 31.2 Å². The number of nitrogens with one attached hydrogen (secondary N) is 1. The van der Waals surface area contributed by atoms with Crippen molar-refractivity contribution in [2.45, 2.75) is 38.6 Å². The van der Waals surface area contributed by atoms with Crippen LogP contribution in [0, 0.1) is 0 Å². The highest BCUT2D eigenvalue weighted by molar-refractivity contribution is 7.18. The summed E-state index contributed by atoms with van der Waals surface area (Å²) in [5.74, 6) is 0.963. The highest BCUT2D eigenvalue weighted by Gasteiger charge is 2.18. The lowest BCUT2D eigenvalue weighted by atomic mass is 10.1. The van der Waals surface area contributed by atoms with E-state index < -0.39 is 0 Å². The van der Waals surface area contributed by atoms with E-state index in [2.05, 4.69) is 25.4 Å². The summed E-state index contributed by atoms with van der Waals surface area (Å²) >= 11 is 1.84. The summed E-state index contributed by atoms with van der Waals surface area (Å²) in [7, 11) is 0. The molecule has 7 heteroatoms. The van der Waals surface area contributed by atoms with E-state index in [1.807, 2.05) is 16.0 Å². The molecule has 0 aromatic carbocycles. The summed E-state index contributed by atoms with van der Waals surface area (Å²) in [5.41, 5.74) is 1.47. The molecule has 3 aromatic rings. The number of anilines is 1. The van der Waals surface area contributed by atoms with Gasteiger partial charge in [0.05, 0.1) is 11.9 Å². The molecule has 0 saturated carbocycles. The SMILES string of the molecule is c1nc(NCCn2cncn2)c2c3c(sc2n1)CCCCC3. The maximum atomic E-state index is 4.48. The Hall–Kier alpha value is -2.02. The molecule has 0 atom stereocenters. The van der Waals surface area contributed by atoms with E-state index >= 15 is 0 Å². The van der Waals surface area contributed by atoms with Crippen molar-refractivity contribution in [3.63, 3.8) is 0 Å². The highest BCUT2D eigenvalue weighted by atomic mass is 32.1. The van der Waals surface area contributed by atoms with Crippen LogP contribution in [0.4, 0.5) is 5.82 Å². The van der Waals surface area contributed by atoms with Gasteiger partial charge in [0.25, 0.3) is 0 Å². The molecular formula is C15H18N6S. The number of nitrogens with zero attached hydrogens (tertiary/aromatic N) is 5. The normalized spacial score (nSPS) is 14.7. The molecule has 114 valence electrons. The topological polar surface area (TPSA) is 68.5 Å². The third-order valence-corrected chi connectivity index (χ3v) is 5.30. The minimum absolute atomic E-state index is 0.776. The fourth-order valence-electron chi connectivity index (χ4n) is 3.04. The number of rotatable bonds is 4. The molecule has 3 aromatic heterocycles. The van der Waals surface area contributed by atoms with Crippen molar-refractivity contribution in [1.82, 2.24) is 24.7 Å². The zero-order valence-corrected chi connectivity index (χ0v) is 13.1. The molecule has 1 N–H and O–H groups in total. The van der Waals surface area contributed by atoms with Gasteiger partial charge in [-0.1, -0.05) is 6.42 Å². The van der Waals surface area contributed by atoms with Crippen LogP contribution in [0.1, 0.15) is 29.7 Å². The zero-order chi connectivity index (χ0) is 14.8. The average molecular weight is 314 g/mol. The lowest BCUT2D eigenvalue weighted by molar-refractivity contribution is 0.635. The van der Waals surface area contributed by atoms with E-state index in [9.17, 15) is 0 Å². The number of hydrogen-bond donors (Lipinski definition) is 1. The molecule has 0 saturated heterocycles. The van der Waals surface area contributed by atoms with Gasteiger partial charge in [-0.25, -0.2) is 15.0 Å². The van der Waals surface area contributed by atoms with Crippen molar-refractivity contribution in [2.75, 3.05) is 11.9 Å². The Bertz CT molecular complexity index is 764. The third kappa shape index (κ3) is 2.56. The lowest BCUT2D eigenvalue weighted by Crippen LogP contribution is -2.12. The summed E-state index contributed by atoms with van der Waals surface area (Å²) in [4.78, 5) is 15.5. The number of fused-ring (bicyclic) bond motifs is 3. The average Bonchev–Trinajstić information content (AvgIpc) is 3.10. The van der Waals surface area contributed by atoms with Crippen LogP contribution >= 0.6 is 11.3 Å². The maximum Gasteiger partial charge on any atom is 0.138 e. The van der Waals surface area contributed by atoms with Crippen molar-refractivity contribution < 1.29 is 0 Å². The van der Waals surface area contributed by atoms with Crippen LogP contribution < -0.4 is 5.32 Å². The van der Waals surface area contributed by atoms with Crippen LogP contribution in [0.3, 0.4) is 0 Å². The summed E-state index contributed by atoms with van der Waals surface area (Å²) in [6, 6.07) is 0. The fourth-order valence-corrected chi connectivity index (χ4v) is 4.27. The van der Waals surface area contributed by atoms with E-state index in [4.69, 9.17) is 0 Å². The third-order valence-electron chi connectivity index (χ3n) is 4.10. The quantitative estimate of drug-likeness (QED) is 0.750. The summed E-state index contributed by atoms with van der Waals surface area (Å²) in [6.45, 7) is 1.55. The smallest absolute Gasteiger partial charge is 0.138 e. The van der Waals surface area contributed by atoms with Crippen molar-refractivity contribution >= 4 is 27.4 Å². The van der Waals surface area contributed by atoms with Gasteiger partial charge in [-0.3, -0.25) is 4.68 Å². The van der Waals surface area contributed by atoms with Crippen molar-refractivity contribution in [3.8, 4) is 0 Å². The molecule has 3 heterocycles. The fraction of sp³-hybridized carbons (Fsp3) is 0.467. The van der Waals surface area contributed by atoms with Crippen LogP contribution in [-0.4, -0.2) is 31.3 Å². The first kappa shape index (κ1) is 13.6. The second kappa shape index (κ2) is 6.00. The molecule has 1 aliphatic rings. The molecule has 0 fully saturated rings. The Morgan fingerprint density at radius 2 is 2.09 bits per heavy atom. The summed E-state index contributed by atoms with van der Waals surface area (Å²) < 4.78 is 1.82. The van der Waals surface area contributed by atoms with E-state index in [0.717, 1.165) is 30.2 Å². The van der Waals surface area contributed by atoms with Crippen LogP contribution in [0.25, 0.3) is 10.2 Å². The highest BCUT2D eigenvalue weighted by Crippen LogP contribution is 2.37. The Labute approximate surface area is 132 Å². The Kier molecular flexibility index (Phi) is 3.72. The molecule has 0 spiro atoms. The first-order valence-electron chi connectivity index (χ1n) is 7.73. The zero-order valence-electron chi connectivity index (χ0n) is 12.3. The molecule has 0 bridgehead atoms. The molecule has 0 radical (unpaired) electrons. The number of aromatic nitrogens is 5. The second-order valence-electron chi connectivity index (χ2n) is 5.55. The van der Waals surface area contributed by atoms with Gasteiger partial charge in [0.2, 0.25) is 0 Å². The van der Waals surface area contributed by atoms with Gasteiger partial charge in [-0.2, -0.15) is 5.10 Å². The first-order valence-corrected chi connectivity index (χ1v) is 8.55. The molecule has 22 heavy (non-hydrogen) atoms. The molecule has 6 nitrogen and oxygen atoms in total. The molecular weight excluding hydrogens is 296 g/mol. The predicted molar refractivity (Wildman–Crippen MR) is 87.2 cm³/mol. The summed E-state index contributed by atoms with van der Waals surface area (Å²) in [5, 5.41) is 8.81. The minimum Gasteiger partial charge on any atom is -0.368 e. The molecule has 0 unspecified atom stereocenters. The Morgan fingerprint density at radius 1 is 1.14 bits per heavy atom. The van der Waals surface area contributed by atoms with Gasteiger partial charge in [-0.15, -0.1) is 11.3 Å². The van der Waals surface area contributed by atoms with E-state index in [0.29, 0.717) is 0 Å². The van der Waals surface area contributed by atoms with Gasteiger partial charge in [0.1, 0.15) is 29.6 Å².